The number of ether oxygens (including phenoxy) is 2. The van der Waals surface area contributed by atoms with Crippen molar-refractivity contribution in [1.82, 2.24) is 10.2 Å². The van der Waals surface area contributed by atoms with Crippen molar-refractivity contribution in [2.24, 2.45) is 0 Å². The van der Waals surface area contributed by atoms with E-state index in [1.807, 2.05) is 37.3 Å². The summed E-state index contributed by atoms with van der Waals surface area (Å²) >= 11 is 0. The predicted molar refractivity (Wildman–Crippen MR) is 184 cm³/mol. The molecule has 8 nitrogen and oxygen atoms in total. The Hall–Kier alpha value is -3.88. The molecule has 8 heteroatoms. The van der Waals surface area contributed by atoms with Crippen LogP contribution < -0.4 is 20.5 Å². The molecule has 0 unspecified atom stereocenters. The largest absolute Gasteiger partial charge is 0.489 e. The smallest absolute Gasteiger partial charge is 0.311 e. The third-order valence-electron chi connectivity index (χ3n) is 7.23. The molecule has 0 aromatic heterocycles. The van der Waals surface area contributed by atoms with Crippen LogP contribution >= 0.6 is 0 Å². The van der Waals surface area contributed by atoms with Crippen molar-refractivity contribution in [3.63, 3.8) is 0 Å². The number of nitrogen functional groups attached to an aromatic ring is 1. The van der Waals surface area contributed by atoms with Crippen molar-refractivity contribution in [2.75, 3.05) is 31.7 Å². The molecule has 2 aliphatic rings. The summed E-state index contributed by atoms with van der Waals surface area (Å²) < 4.78 is 92.7. The minimum absolute atomic E-state index is 0.0885. The number of aryl methyl sites for hydroxylation is 2. The van der Waals surface area contributed by atoms with E-state index in [4.69, 9.17) is 28.9 Å². The Morgan fingerprint density at radius 2 is 1.69 bits per heavy atom. The van der Waals surface area contributed by atoms with E-state index in [0.29, 0.717) is 28.1 Å². The maximum Gasteiger partial charge on any atom is 0.311 e. The molecule has 0 radical (unpaired) electrons. The first kappa shape index (κ1) is 22.6. The Bertz CT molecular complexity index is 1900. The number of rotatable bonds is 9. The summed E-state index contributed by atoms with van der Waals surface area (Å²) in [6.45, 7) is 2.06. The molecule has 2 aliphatic heterocycles. The highest BCUT2D eigenvalue weighted by Crippen LogP contribution is 2.36. The second kappa shape index (κ2) is 15.9. The number of nitrogens with two attached hydrogens (primary N) is 1. The van der Waals surface area contributed by atoms with Gasteiger partial charge in [0.05, 0.1) is 25.5 Å². The number of hydrogen-bond donors (Lipinski definition) is 2. The van der Waals surface area contributed by atoms with Crippen LogP contribution in [0.15, 0.2) is 60.7 Å². The second-order valence-corrected chi connectivity index (χ2v) is 11.4. The van der Waals surface area contributed by atoms with E-state index in [2.05, 4.69) is 5.32 Å². The SMILES string of the molecule is [2H]C(C)(C)Oc1cc(C2=CC([2H])([2H])N(Cc3ccccc3)C([2H])([2H])C2)c(C)cc1[N+](=O)[O-].[2H]C1([2H])CC(c2cc(OC([2H])(C)C)c(N)cc2C)CC([2H])([2H])N1. The fraction of sp³-hybridized carbons (Fsp3) is 0.459. The fourth-order valence-corrected chi connectivity index (χ4v) is 5.11. The molecule has 3 aromatic rings. The highest BCUT2D eigenvalue weighted by Gasteiger charge is 2.22. The summed E-state index contributed by atoms with van der Waals surface area (Å²) in [6.07, 6.45) is -0.976. The van der Waals surface area contributed by atoms with Crippen LogP contribution in [0.25, 0.3) is 5.57 Å². The lowest BCUT2D eigenvalue weighted by Gasteiger charge is -2.27. The van der Waals surface area contributed by atoms with E-state index in [1.54, 1.807) is 32.9 Å². The number of nitrogens with one attached hydrogen (secondary N) is 1. The molecule has 0 spiro atoms. The first-order valence-electron chi connectivity index (χ1n) is 19.9. The second-order valence-electron chi connectivity index (χ2n) is 11.4. The molecular formula is C37H50N4O4. The summed E-state index contributed by atoms with van der Waals surface area (Å²) in [7, 11) is 0. The maximum atomic E-state index is 11.5. The normalized spacial score (nSPS) is 24.0. The molecule has 0 atom stereocenters. The Kier molecular flexibility index (Phi) is 7.99. The average molecular weight is 625 g/mol. The first-order valence-corrected chi connectivity index (χ1v) is 14.9. The van der Waals surface area contributed by atoms with Crippen molar-refractivity contribution in [1.29, 1.82) is 0 Å². The van der Waals surface area contributed by atoms with Gasteiger partial charge in [0.25, 0.3) is 0 Å². The molecule has 0 bridgehead atoms. The standard InChI is InChI=1S/C22H26N2O3.C15H24N2O/c1-16(2)27-22-14-20(17(3)13-21(22)24(25)26)19-9-11-23(12-10-19)15-18-7-5-4-6-8-18;1-10(2)18-15-9-13(11(3)8-14(15)16)12-4-6-17-7-5-12/h4-9,13-14,16H,10-12,15H2,1-3H3;8-10,12,17H,4-7,16H2,1-3H3/i11D2,12D2,16D;6D2,7D2,10D. The lowest BCUT2D eigenvalue weighted by atomic mass is 9.87. The van der Waals surface area contributed by atoms with Gasteiger partial charge in [-0.15, -0.1) is 0 Å². The zero-order valence-corrected chi connectivity index (χ0v) is 26.8. The highest BCUT2D eigenvalue weighted by molar-refractivity contribution is 5.72. The molecule has 242 valence electrons. The van der Waals surface area contributed by atoms with E-state index < -0.39 is 43.1 Å². The van der Waals surface area contributed by atoms with E-state index >= 15 is 0 Å². The molecule has 45 heavy (non-hydrogen) atoms. The summed E-state index contributed by atoms with van der Waals surface area (Å²) in [5, 5.41) is 13.9. The number of piperidine rings is 1. The van der Waals surface area contributed by atoms with Gasteiger partial charge in [-0.1, -0.05) is 36.4 Å². The maximum absolute atomic E-state index is 11.5. The molecule has 0 aliphatic carbocycles. The van der Waals surface area contributed by atoms with Crippen molar-refractivity contribution in [3.05, 3.63) is 98.6 Å². The van der Waals surface area contributed by atoms with Crippen molar-refractivity contribution >= 4 is 16.9 Å². The minimum Gasteiger partial charge on any atom is -0.489 e. The van der Waals surface area contributed by atoms with Crippen LogP contribution in [-0.2, 0) is 6.54 Å². The average Bonchev–Trinajstić information content (AvgIpc) is 2.98. The molecule has 3 N–H and O–H groups in total. The quantitative estimate of drug-likeness (QED) is 0.142. The monoisotopic (exact) mass is 624 g/mol. The Morgan fingerprint density at radius 3 is 2.31 bits per heavy atom. The highest BCUT2D eigenvalue weighted by atomic mass is 16.6. The number of nitro groups is 1. The summed E-state index contributed by atoms with van der Waals surface area (Å²) in [5.41, 5.74) is 9.92. The van der Waals surface area contributed by atoms with E-state index in [1.165, 1.54) is 37.0 Å². The zero-order valence-electron chi connectivity index (χ0n) is 36.8. The van der Waals surface area contributed by atoms with Gasteiger partial charge in [-0.25, -0.2) is 0 Å². The number of nitro benzene ring substituents is 1. The van der Waals surface area contributed by atoms with Crippen LogP contribution in [0.3, 0.4) is 0 Å². The topological polar surface area (TPSA) is 103 Å². The van der Waals surface area contributed by atoms with Gasteiger partial charge in [0, 0.05) is 36.6 Å². The van der Waals surface area contributed by atoms with Gasteiger partial charge in [0.2, 0.25) is 0 Å². The van der Waals surface area contributed by atoms with E-state index in [0.717, 1.165) is 16.7 Å². The van der Waals surface area contributed by atoms with Gasteiger partial charge < -0.3 is 20.5 Å². The Labute approximate surface area is 282 Å². The van der Waals surface area contributed by atoms with Gasteiger partial charge in [-0.05, 0) is 131 Å². The molecule has 0 amide bonds. The van der Waals surface area contributed by atoms with Crippen LogP contribution in [0.1, 0.15) is 94.4 Å². The molecule has 1 saturated heterocycles. The van der Waals surface area contributed by atoms with E-state index in [9.17, 15) is 10.1 Å². The van der Waals surface area contributed by atoms with Crippen LogP contribution in [0.2, 0.25) is 0 Å². The molecule has 0 saturated carbocycles. The van der Waals surface area contributed by atoms with E-state index in [-0.39, 0.29) is 43.2 Å². The van der Waals surface area contributed by atoms with Crippen LogP contribution in [0.4, 0.5) is 11.4 Å². The first-order chi connectivity index (χ1) is 25.0. The number of nitrogens with zero attached hydrogens (tertiary/aromatic N) is 2. The van der Waals surface area contributed by atoms with Crippen LogP contribution in [-0.4, -0.2) is 48.0 Å². The molecule has 3 aromatic carbocycles. The van der Waals surface area contributed by atoms with Crippen molar-refractivity contribution < 1.29 is 28.1 Å². The molecular weight excluding hydrogens is 564 g/mol. The minimum atomic E-state index is -2.10. The van der Waals surface area contributed by atoms with Gasteiger partial charge in [0.1, 0.15) is 5.75 Å². The van der Waals surface area contributed by atoms with Crippen molar-refractivity contribution in [2.45, 2.75) is 85.4 Å². The molecule has 5 rings (SSSR count). The summed E-state index contributed by atoms with van der Waals surface area (Å²) in [6, 6.07) is 15.3. The molecule has 2 heterocycles. The van der Waals surface area contributed by atoms with Crippen LogP contribution in [0.5, 0.6) is 11.5 Å². The predicted octanol–water partition coefficient (Wildman–Crippen LogP) is 7.81. The fourth-order valence-electron chi connectivity index (χ4n) is 5.11. The number of anilines is 1. The zero-order chi connectivity index (χ0) is 41.5. The molecule has 1 fully saturated rings. The Balaban J connectivity index is 0.000000258. The lowest BCUT2D eigenvalue weighted by molar-refractivity contribution is -0.386. The lowest BCUT2D eigenvalue weighted by Crippen LogP contribution is -2.28. The van der Waals surface area contributed by atoms with Gasteiger partial charge in [-0.3, -0.25) is 15.0 Å². The van der Waals surface area contributed by atoms with Gasteiger partial charge >= 0.3 is 5.69 Å². The number of hydrogen-bond acceptors (Lipinski definition) is 7. The third-order valence-corrected chi connectivity index (χ3v) is 7.23. The third kappa shape index (κ3) is 9.55. The summed E-state index contributed by atoms with van der Waals surface area (Å²) in [4.78, 5) is 12.1. The van der Waals surface area contributed by atoms with Crippen LogP contribution in [0, 0.1) is 24.0 Å². The number of benzene rings is 3. The van der Waals surface area contributed by atoms with Gasteiger partial charge in [-0.2, -0.15) is 0 Å². The van der Waals surface area contributed by atoms with Gasteiger partial charge in [0.15, 0.2) is 5.75 Å². The summed E-state index contributed by atoms with van der Waals surface area (Å²) in [5.74, 6) is -0.0207. The Morgan fingerprint density at radius 1 is 1.02 bits per heavy atom. The van der Waals surface area contributed by atoms with Crippen molar-refractivity contribution in [3.8, 4) is 11.5 Å².